The molecule has 0 saturated carbocycles. The number of carbonyl (C=O) groups excluding carboxylic acids is 2. The van der Waals surface area contributed by atoms with Crippen LogP contribution in [0.15, 0.2) is 35.9 Å². The summed E-state index contributed by atoms with van der Waals surface area (Å²) >= 11 is 5.13. The Hall–Kier alpha value is -2.97. The zero-order valence-electron chi connectivity index (χ0n) is 16.8. The molecule has 2 amide bonds. The normalized spacial score (nSPS) is 15.8. The van der Waals surface area contributed by atoms with Crippen molar-refractivity contribution in [2.75, 3.05) is 27.4 Å². The average Bonchev–Trinajstić information content (AvgIpc) is 2.98. The van der Waals surface area contributed by atoms with Gasteiger partial charge in [-0.25, -0.2) is 0 Å². The molecule has 152 valence electrons. The van der Waals surface area contributed by atoms with E-state index >= 15 is 0 Å². The summed E-state index contributed by atoms with van der Waals surface area (Å²) in [5.74, 6) is -0.204. The first-order chi connectivity index (χ1) is 13.9. The number of methoxy groups -OCH3 is 2. The molecule has 1 fully saturated rings. The number of nitrogens with zero attached hydrogens (tertiary/aromatic N) is 2. The standard InChI is InChI=1S/C21H23N3O4S/c1-13-11-15(14(2)24(13)17-7-5-6-8-18(17)28-4)12-16-19(25)22-21(29)23(20(16)26)9-10-27-3/h5-8,11-12H,9-10H2,1-4H3,(H,22,25,29)/b16-12-. The highest BCUT2D eigenvalue weighted by molar-refractivity contribution is 7.80. The molecule has 1 N–H and O–H groups in total. The van der Waals surface area contributed by atoms with E-state index in [1.807, 2.05) is 48.7 Å². The highest BCUT2D eigenvalue weighted by Gasteiger charge is 2.33. The van der Waals surface area contributed by atoms with Crippen LogP contribution in [0.2, 0.25) is 0 Å². The van der Waals surface area contributed by atoms with Crippen LogP contribution < -0.4 is 10.1 Å². The van der Waals surface area contributed by atoms with E-state index in [0.717, 1.165) is 28.4 Å². The number of amides is 2. The largest absolute Gasteiger partial charge is 0.495 e. The number of aromatic nitrogens is 1. The Labute approximate surface area is 174 Å². The summed E-state index contributed by atoms with van der Waals surface area (Å²) in [6.45, 7) is 4.48. The van der Waals surface area contributed by atoms with Crippen molar-refractivity contribution in [3.8, 4) is 11.4 Å². The Balaban J connectivity index is 2.03. The SMILES string of the molecule is COCCN1C(=O)/C(=C\c2cc(C)n(-c3ccccc3OC)c2C)C(=O)NC1=S. The lowest BCUT2D eigenvalue weighted by Crippen LogP contribution is -2.54. The highest BCUT2D eigenvalue weighted by atomic mass is 32.1. The van der Waals surface area contributed by atoms with Gasteiger partial charge in [-0.05, 0) is 55.9 Å². The van der Waals surface area contributed by atoms with Gasteiger partial charge in [-0.2, -0.15) is 0 Å². The van der Waals surface area contributed by atoms with Gasteiger partial charge in [0.2, 0.25) is 0 Å². The lowest BCUT2D eigenvalue weighted by molar-refractivity contribution is -0.129. The van der Waals surface area contributed by atoms with Gasteiger partial charge in [0.25, 0.3) is 11.8 Å². The van der Waals surface area contributed by atoms with Crippen molar-refractivity contribution in [3.63, 3.8) is 0 Å². The first kappa shape index (κ1) is 20.8. The van der Waals surface area contributed by atoms with Gasteiger partial charge < -0.3 is 14.0 Å². The van der Waals surface area contributed by atoms with Crippen LogP contribution in [0.5, 0.6) is 5.75 Å². The summed E-state index contributed by atoms with van der Waals surface area (Å²) in [7, 11) is 3.16. The smallest absolute Gasteiger partial charge is 0.265 e. The molecule has 3 rings (SSSR count). The first-order valence-electron chi connectivity index (χ1n) is 9.09. The molecular formula is C21H23N3O4S. The zero-order valence-corrected chi connectivity index (χ0v) is 17.6. The molecule has 1 aromatic carbocycles. The third-order valence-corrected chi connectivity index (χ3v) is 5.12. The fraction of sp³-hybridized carbons (Fsp3) is 0.286. The number of nitrogens with one attached hydrogen (secondary N) is 1. The molecule has 7 nitrogen and oxygen atoms in total. The van der Waals surface area contributed by atoms with Gasteiger partial charge in [0.1, 0.15) is 11.3 Å². The fourth-order valence-electron chi connectivity index (χ4n) is 3.35. The van der Waals surface area contributed by atoms with Crippen LogP contribution in [-0.4, -0.2) is 53.8 Å². The molecule has 0 atom stereocenters. The summed E-state index contributed by atoms with van der Waals surface area (Å²) in [6, 6.07) is 9.61. The van der Waals surface area contributed by atoms with Gasteiger partial charge in [0, 0.05) is 18.5 Å². The molecule has 0 radical (unpaired) electrons. The Kier molecular flexibility index (Phi) is 6.14. The Morgan fingerprint density at radius 1 is 1.17 bits per heavy atom. The van der Waals surface area contributed by atoms with E-state index in [4.69, 9.17) is 21.7 Å². The Morgan fingerprint density at radius 2 is 1.90 bits per heavy atom. The van der Waals surface area contributed by atoms with E-state index < -0.39 is 11.8 Å². The second kappa shape index (κ2) is 8.59. The highest BCUT2D eigenvalue weighted by Crippen LogP contribution is 2.29. The number of thiocarbonyl (C=S) groups is 1. The molecule has 1 saturated heterocycles. The second-order valence-electron chi connectivity index (χ2n) is 6.60. The number of para-hydroxylation sites is 2. The van der Waals surface area contributed by atoms with Crippen molar-refractivity contribution in [1.82, 2.24) is 14.8 Å². The third-order valence-electron chi connectivity index (χ3n) is 4.80. The van der Waals surface area contributed by atoms with Crippen LogP contribution in [-0.2, 0) is 14.3 Å². The molecule has 8 heteroatoms. The Morgan fingerprint density at radius 3 is 2.59 bits per heavy atom. The predicted octanol–water partition coefficient (Wildman–Crippen LogP) is 2.38. The van der Waals surface area contributed by atoms with Gasteiger partial charge in [0.15, 0.2) is 5.11 Å². The van der Waals surface area contributed by atoms with E-state index in [9.17, 15) is 9.59 Å². The minimum absolute atomic E-state index is 0.0370. The summed E-state index contributed by atoms with van der Waals surface area (Å²) in [5.41, 5.74) is 3.53. The molecule has 0 bridgehead atoms. The topological polar surface area (TPSA) is 72.8 Å². The van der Waals surface area contributed by atoms with Crippen molar-refractivity contribution in [2.45, 2.75) is 13.8 Å². The van der Waals surface area contributed by atoms with Gasteiger partial charge >= 0.3 is 0 Å². The molecule has 29 heavy (non-hydrogen) atoms. The molecule has 0 aliphatic carbocycles. The van der Waals surface area contributed by atoms with E-state index in [1.54, 1.807) is 20.3 Å². The number of rotatable bonds is 6. The van der Waals surface area contributed by atoms with Crippen LogP contribution in [0.4, 0.5) is 0 Å². The number of hydrogen-bond donors (Lipinski definition) is 1. The molecule has 0 unspecified atom stereocenters. The van der Waals surface area contributed by atoms with Crippen molar-refractivity contribution >= 4 is 35.2 Å². The molecule has 0 spiro atoms. The number of benzene rings is 1. The maximum absolute atomic E-state index is 12.9. The minimum Gasteiger partial charge on any atom is -0.495 e. The Bertz CT molecular complexity index is 1010. The minimum atomic E-state index is -0.504. The molecule has 2 aromatic rings. The van der Waals surface area contributed by atoms with Crippen LogP contribution in [0.25, 0.3) is 11.8 Å². The first-order valence-corrected chi connectivity index (χ1v) is 9.50. The van der Waals surface area contributed by atoms with Gasteiger partial charge in [-0.3, -0.25) is 19.8 Å². The van der Waals surface area contributed by atoms with Crippen molar-refractivity contribution in [3.05, 3.63) is 52.9 Å². The van der Waals surface area contributed by atoms with Crippen LogP contribution in [0.3, 0.4) is 0 Å². The second-order valence-corrected chi connectivity index (χ2v) is 6.99. The van der Waals surface area contributed by atoms with E-state index in [2.05, 4.69) is 5.32 Å². The van der Waals surface area contributed by atoms with Gasteiger partial charge in [0.05, 0.1) is 25.9 Å². The molecule has 1 aliphatic rings. The molecule has 1 aromatic heterocycles. The van der Waals surface area contributed by atoms with Crippen molar-refractivity contribution < 1.29 is 19.1 Å². The van der Waals surface area contributed by atoms with Crippen molar-refractivity contribution in [1.29, 1.82) is 0 Å². The van der Waals surface area contributed by atoms with Crippen LogP contribution in [0, 0.1) is 13.8 Å². The van der Waals surface area contributed by atoms with E-state index in [1.165, 1.54) is 4.90 Å². The maximum Gasteiger partial charge on any atom is 0.265 e. The fourth-order valence-corrected chi connectivity index (χ4v) is 3.62. The van der Waals surface area contributed by atoms with Crippen molar-refractivity contribution in [2.24, 2.45) is 0 Å². The third kappa shape index (κ3) is 3.94. The number of aryl methyl sites for hydroxylation is 1. The lowest BCUT2D eigenvalue weighted by Gasteiger charge is -2.28. The summed E-state index contributed by atoms with van der Waals surface area (Å²) in [5, 5.41) is 2.67. The number of carbonyl (C=O) groups is 2. The van der Waals surface area contributed by atoms with Crippen LogP contribution in [0.1, 0.15) is 17.0 Å². The number of ether oxygens (including phenoxy) is 2. The van der Waals surface area contributed by atoms with Gasteiger partial charge in [-0.15, -0.1) is 0 Å². The maximum atomic E-state index is 12.9. The number of hydrogen-bond acceptors (Lipinski definition) is 5. The quantitative estimate of drug-likeness (QED) is 0.447. The predicted molar refractivity (Wildman–Crippen MR) is 114 cm³/mol. The summed E-state index contributed by atoms with van der Waals surface area (Å²) in [6.07, 6.45) is 1.60. The van der Waals surface area contributed by atoms with Crippen LogP contribution >= 0.6 is 12.2 Å². The lowest BCUT2D eigenvalue weighted by atomic mass is 10.1. The van der Waals surface area contributed by atoms with Gasteiger partial charge in [-0.1, -0.05) is 12.1 Å². The average molecular weight is 413 g/mol. The zero-order chi connectivity index (χ0) is 21.1. The molecular weight excluding hydrogens is 390 g/mol. The summed E-state index contributed by atoms with van der Waals surface area (Å²) < 4.78 is 12.5. The van der Waals surface area contributed by atoms with E-state index in [0.29, 0.717) is 6.61 Å². The monoisotopic (exact) mass is 413 g/mol. The molecule has 1 aliphatic heterocycles. The summed E-state index contributed by atoms with van der Waals surface area (Å²) in [4.78, 5) is 26.6. The van der Waals surface area contributed by atoms with E-state index in [-0.39, 0.29) is 17.2 Å². The molecule has 2 heterocycles.